The number of nitrogens with one attached hydrogen (secondary N) is 2. The number of aromatic nitrogens is 2. The fourth-order valence-electron chi connectivity index (χ4n) is 4.18. The van der Waals surface area contributed by atoms with Gasteiger partial charge in [-0.05, 0) is 42.8 Å². The molecule has 1 saturated heterocycles. The van der Waals surface area contributed by atoms with Crippen molar-refractivity contribution in [3.8, 4) is 0 Å². The Labute approximate surface area is 195 Å². The monoisotopic (exact) mass is 468 g/mol. The number of hydrogen-bond donors (Lipinski definition) is 2. The van der Waals surface area contributed by atoms with E-state index in [4.69, 9.17) is 28.0 Å². The number of hydroxylamine groups is 1. The first-order valence-electron chi connectivity index (χ1n) is 10.5. The van der Waals surface area contributed by atoms with Crippen molar-refractivity contribution in [1.82, 2.24) is 20.3 Å². The standard InChI is InChI=1S/C24H22Cl2N4O2/c1-14-8-21(29-32-14)24(31)28-11-17-10-19-18-4-2-3-5-22(18)30(23(19)12-27-17)13-15-9-16(25)6-7-20(15)26/h2-7,9-10,12,14,21,29H,8,11,13H2,1H3,(H,28,31). The first kappa shape index (κ1) is 21.2. The summed E-state index contributed by atoms with van der Waals surface area (Å²) < 4.78 is 2.19. The minimum absolute atomic E-state index is 0.0272. The topological polar surface area (TPSA) is 68.2 Å². The van der Waals surface area contributed by atoms with E-state index in [1.807, 2.05) is 43.5 Å². The summed E-state index contributed by atoms with van der Waals surface area (Å²) in [5.41, 5.74) is 6.59. The second-order valence-electron chi connectivity index (χ2n) is 8.08. The molecule has 6 nitrogen and oxygen atoms in total. The fraction of sp³-hybridized carbons (Fsp3) is 0.250. The van der Waals surface area contributed by atoms with Gasteiger partial charge in [-0.15, -0.1) is 0 Å². The van der Waals surface area contributed by atoms with E-state index in [0.29, 0.717) is 29.6 Å². The number of rotatable bonds is 5. The van der Waals surface area contributed by atoms with E-state index < -0.39 is 0 Å². The highest BCUT2D eigenvalue weighted by Gasteiger charge is 2.27. The van der Waals surface area contributed by atoms with Gasteiger partial charge in [0.2, 0.25) is 5.91 Å². The number of para-hydroxylation sites is 1. The van der Waals surface area contributed by atoms with Crippen LogP contribution in [0.1, 0.15) is 24.6 Å². The molecular weight excluding hydrogens is 447 g/mol. The Bertz CT molecular complexity index is 1320. The molecule has 2 aromatic carbocycles. The number of carbonyl (C=O) groups is 1. The minimum Gasteiger partial charge on any atom is -0.349 e. The molecule has 5 rings (SSSR count). The summed E-state index contributed by atoms with van der Waals surface area (Å²) in [6.07, 6.45) is 2.53. The van der Waals surface area contributed by atoms with Crippen LogP contribution in [-0.2, 0) is 22.7 Å². The second-order valence-corrected chi connectivity index (χ2v) is 8.93. The van der Waals surface area contributed by atoms with Crippen molar-refractivity contribution in [1.29, 1.82) is 0 Å². The molecule has 8 heteroatoms. The first-order valence-corrected chi connectivity index (χ1v) is 11.2. The van der Waals surface area contributed by atoms with Crippen LogP contribution in [0.4, 0.5) is 0 Å². The Morgan fingerprint density at radius 3 is 2.84 bits per heavy atom. The van der Waals surface area contributed by atoms with E-state index >= 15 is 0 Å². The smallest absolute Gasteiger partial charge is 0.239 e. The van der Waals surface area contributed by atoms with Crippen LogP contribution in [-0.4, -0.2) is 27.6 Å². The van der Waals surface area contributed by atoms with Gasteiger partial charge in [-0.2, -0.15) is 5.48 Å². The predicted octanol–water partition coefficient (Wildman–Crippen LogP) is 4.84. The van der Waals surface area contributed by atoms with Crippen LogP contribution >= 0.6 is 23.2 Å². The van der Waals surface area contributed by atoms with Gasteiger partial charge in [-0.3, -0.25) is 14.6 Å². The van der Waals surface area contributed by atoms with Gasteiger partial charge in [0, 0.05) is 39.3 Å². The summed E-state index contributed by atoms with van der Waals surface area (Å²) in [4.78, 5) is 22.3. The maximum atomic E-state index is 12.4. The van der Waals surface area contributed by atoms with Crippen LogP contribution in [0.5, 0.6) is 0 Å². The summed E-state index contributed by atoms with van der Waals surface area (Å²) in [6.45, 7) is 2.86. The number of benzene rings is 2. The van der Waals surface area contributed by atoms with Crippen molar-refractivity contribution in [3.05, 3.63) is 76.0 Å². The SMILES string of the molecule is CC1CC(C(=O)NCc2cc3c4ccccc4n(Cc4cc(Cl)ccc4Cl)c3cn2)NO1. The van der Waals surface area contributed by atoms with Crippen molar-refractivity contribution in [3.63, 3.8) is 0 Å². The van der Waals surface area contributed by atoms with Gasteiger partial charge in [0.1, 0.15) is 6.04 Å². The molecule has 2 atom stereocenters. The van der Waals surface area contributed by atoms with Crippen LogP contribution in [0.3, 0.4) is 0 Å². The number of amides is 1. The summed E-state index contributed by atoms with van der Waals surface area (Å²) >= 11 is 12.6. The molecule has 1 aliphatic heterocycles. The first-order chi connectivity index (χ1) is 15.5. The Hall–Kier alpha value is -2.64. The molecule has 1 aliphatic rings. The zero-order chi connectivity index (χ0) is 22.2. The molecule has 2 N–H and O–H groups in total. The largest absolute Gasteiger partial charge is 0.349 e. The Kier molecular flexibility index (Phi) is 5.78. The van der Waals surface area contributed by atoms with Gasteiger partial charge in [0.05, 0.1) is 30.1 Å². The lowest BCUT2D eigenvalue weighted by molar-refractivity contribution is -0.124. The van der Waals surface area contributed by atoms with Crippen LogP contribution in [0.2, 0.25) is 10.0 Å². The maximum Gasteiger partial charge on any atom is 0.239 e. The highest BCUT2D eigenvalue weighted by Crippen LogP contribution is 2.31. The van der Waals surface area contributed by atoms with Crippen molar-refractivity contribution in [2.24, 2.45) is 0 Å². The van der Waals surface area contributed by atoms with Crippen molar-refractivity contribution < 1.29 is 9.63 Å². The van der Waals surface area contributed by atoms with Crippen molar-refractivity contribution in [2.45, 2.75) is 38.6 Å². The zero-order valence-electron chi connectivity index (χ0n) is 17.4. The number of pyridine rings is 1. The average molecular weight is 469 g/mol. The summed E-state index contributed by atoms with van der Waals surface area (Å²) in [7, 11) is 0. The van der Waals surface area contributed by atoms with E-state index in [1.54, 1.807) is 6.07 Å². The van der Waals surface area contributed by atoms with E-state index in [2.05, 4.69) is 32.5 Å². The molecule has 2 unspecified atom stereocenters. The average Bonchev–Trinajstić information content (AvgIpc) is 3.36. The molecule has 164 valence electrons. The second kappa shape index (κ2) is 8.71. The third-order valence-corrected chi connectivity index (χ3v) is 6.39. The highest BCUT2D eigenvalue weighted by atomic mass is 35.5. The number of nitrogens with zero attached hydrogens (tertiary/aromatic N) is 2. The Balaban J connectivity index is 1.46. The number of hydrogen-bond acceptors (Lipinski definition) is 4. The molecule has 2 aromatic heterocycles. The van der Waals surface area contributed by atoms with Crippen LogP contribution in [0.25, 0.3) is 21.8 Å². The lowest BCUT2D eigenvalue weighted by Crippen LogP contribution is -2.39. The van der Waals surface area contributed by atoms with Crippen LogP contribution < -0.4 is 10.8 Å². The molecule has 0 aliphatic carbocycles. The normalized spacial score (nSPS) is 18.5. The van der Waals surface area contributed by atoms with E-state index in [9.17, 15) is 4.79 Å². The molecule has 3 heterocycles. The molecule has 0 saturated carbocycles. The van der Waals surface area contributed by atoms with Crippen LogP contribution in [0, 0.1) is 0 Å². The molecule has 1 amide bonds. The molecule has 32 heavy (non-hydrogen) atoms. The van der Waals surface area contributed by atoms with Gasteiger partial charge in [0.25, 0.3) is 0 Å². The maximum absolute atomic E-state index is 12.4. The highest BCUT2D eigenvalue weighted by molar-refractivity contribution is 6.33. The lowest BCUT2D eigenvalue weighted by Gasteiger charge is -2.11. The van der Waals surface area contributed by atoms with E-state index in [0.717, 1.165) is 33.1 Å². The van der Waals surface area contributed by atoms with Gasteiger partial charge >= 0.3 is 0 Å². The third-order valence-electron chi connectivity index (χ3n) is 5.79. The predicted molar refractivity (Wildman–Crippen MR) is 127 cm³/mol. The molecule has 1 fully saturated rings. The zero-order valence-corrected chi connectivity index (χ0v) is 19.0. The summed E-state index contributed by atoms with van der Waals surface area (Å²) in [5, 5.41) is 6.47. The quantitative estimate of drug-likeness (QED) is 0.439. The molecule has 0 bridgehead atoms. The number of carbonyl (C=O) groups excluding carboxylic acids is 1. The number of halogens is 2. The summed E-state index contributed by atoms with van der Waals surface area (Å²) in [5.74, 6) is -0.0886. The summed E-state index contributed by atoms with van der Waals surface area (Å²) in [6, 6.07) is 15.4. The van der Waals surface area contributed by atoms with Gasteiger partial charge in [-0.25, -0.2) is 0 Å². The van der Waals surface area contributed by atoms with Gasteiger partial charge in [0.15, 0.2) is 0 Å². The Morgan fingerprint density at radius 1 is 1.19 bits per heavy atom. The molecular formula is C24H22Cl2N4O2. The lowest BCUT2D eigenvalue weighted by atomic mass is 10.1. The third kappa shape index (κ3) is 4.07. The Morgan fingerprint density at radius 2 is 2.03 bits per heavy atom. The van der Waals surface area contributed by atoms with E-state index in [1.165, 1.54) is 0 Å². The molecule has 0 radical (unpaired) electrons. The minimum atomic E-state index is -0.335. The molecule has 4 aromatic rings. The van der Waals surface area contributed by atoms with E-state index in [-0.39, 0.29) is 18.1 Å². The van der Waals surface area contributed by atoms with Gasteiger partial charge < -0.3 is 9.88 Å². The van der Waals surface area contributed by atoms with Crippen molar-refractivity contribution >= 4 is 50.9 Å². The number of fused-ring (bicyclic) bond motifs is 3. The molecule has 0 spiro atoms. The fourth-order valence-corrected chi connectivity index (χ4v) is 4.55. The van der Waals surface area contributed by atoms with Crippen LogP contribution in [0.15, 0.2) is 54.7 Å². The van der Waals surface area contributed by atoms with Crippen molar-refractivity contribution in [2.75, 3.05) is 0 Å². The van der Waals surface area contributed by atoms with Gasteiger partial charge in [-0.1, -0.05) is 41.4 Å².